The summed E-state index contributed by atoms with van der Waals surface area (Å²) >= 11 is 0. The van der Waals surface area contributed by atoms with Crippen LogP contribution in [0, 0.1) is 0 Å². The van der Waals surface area contributed by atoms with Crippen molar-refractivity contribution in [3.63, 3.8) is 0 Å². The van der Waals surface area contributed by atoms with Crippen LogP contribution in [0.3, 0.4) is 0 Å². The van der Waals surface area contributed by atoms with Crippen molar-refractivity contribution < 1.29 is 14.7 Å². The Kier molecular flexibility index (Phi) is 4.29. The molecule has 3 N–H and O–H groups in total. The van der Waals surface area contributed by atoms with Crippen LogP contribution in [0.2, 0.25) is 0 Å². The Morgan fingerprint density at radius 2 is 2.19 bits per heavy atom. The molecule has 0 radical (unpaired) electrons. The molecule has 1 atom stereocenters. The molecule has 1 aliphatic rings. The molecule has 5 nitrogen and oxygen atoms in total. The van der Waals surface area contributed by atoms with Crippen LogP contribution in [0.25, 0.3) is 0 Å². The van der Waals surface area contributed by atoms with E-state index in [4.69, 9.17) is 5.11 Å². The molecule has 0 aromatic heterocycles. The summed E-state index contributed by atoms with van der Waals surface area (Å²) in [7, 11) is 0. The first-order chi connectivity index (χ1) is 7.39. The van der Waals surface area contributed by atoms with Crippen LogP contribution in [0.4, 0.5) is 0 Å². The smallest absolute Gasteiger partial charge is 0.305 e. The van der Waals surface area contributed by atoms with E-state index >= 15 is 0 Å². The van der Waals surface area contributed by atoms with Gasteiger partial charge in [-0.1, -0.05) is 0 Å². The minimum Gasteiger partial charge on any atom is -0.481 e. The number of amides is 1. The summed E-state index contributed by atoms with van der Waals surface area (Å²) in [4.78, 5) is 22.2. The molecule has 0 aromatic rings. The Morgan fingerprint density at radius 3 is 2.69 bits per heavy atom. The second-order valence-corrected chi connectivity index (χ2v) is 5.00. The fourth-order valence-corrected chi connectivity index (χ4v) is 2.01. The molecule has 1 heterocycles. The molecule has 1 aliphatic heterocycles. The average molecular weight is 228 g/mol. The molecule has 0 saturated carbocycles. The van der Waals surface area contributed by atoms with Crippen LogP contribution >= 0.6 is 0 Å². The van der Waals surface area contributed by atoms with Gasteiger partial charge >= 0.3 is 5.97 Å². The molecular weight excluding hydrogens is 208 g/mol. The third-order valence-corrected chi connectivity index (χ3v) is 2.67. The van der Waals surface area contributed by atoms with Crippen LogP contribution in [0.15, 0.2) is 0 Å². The van der Waals surface area contributed by atoms with Gasteiger partial charge in [0.25, 0.3) is 0 Å². The number of carbonyl (C=O) groups is 2. The molecule has 1 fully saturated rings. The van der Waals surface area contributed by atoms with Gasteiger partial charge in [-0.25, -0.2) is 0 Å². The lowest BCUT2D eigenvalue weighted by atomic mass is 10.00. The van der Waals surface area contributed by atoms with Gasteiger partial charge in [-0.15, -0.1) is 0 Å². The molecule has 1 amide bonds. The zero-order chi connectivity index (χ0) is 12.2. The van der Waals surface area contributed by atoms with E-state index in [1.165, 1.54) is 0 Å². The predicted octanol–water partition coefficient (Wildman–Crippen LogP) is 0.498. The molecule has 16 heavy (non-hydrogen) atoms. The minimum atomic E-state index is -0.899. The van der Waals surface area contributed by atoms with Crippen LogP contribution in [-0.4, -0.2) is 35.1 Å². The van der Waals surface area contributed by atoms with Crippen LogP contribution in [-0.2, 0) is 9.59 Å². The van der Waals surface area contributed by atoms with Crippen molar-refractivity contribution >= 4 is 11.9 Å². The Morgan fingerprint density at radius 1 is 1.50 bits per heavy atom. The highest BCUT2D eigenvalue weighted by Gasteiger charge is 2.25. The summed E-state index contributed by atoms with van der Waals surface area (Å²) in [5, 5.41) is 14.7. The lowest BCUT2D eigenvalue weighted by Gasteiger charge is -2.25. The molecule has 0 aliphatic carbocycles. The SMILES string of the molecule is CC(C)(CC(=O)O)NC(=O)CC1CCCN1. The van der Waals surface area contributed by atoms with Crippen molar-refractivity contribution in [2.24, 2.45) is 0 Å². The lowest BCUT2D eigenvalue weighted by Crippen LogP contribution is -2.46. The van der Waals surface area contributed by atoms with Crippen LogP contribution in [0.5, 0.6) is 0 Å². The van der Waals surface area contributed by atoms with Gasteiger partial charge in [-0.05, 0) is 33.2 Å². The number of nitrogens with one attached hydrogen (secondary N) is 2. The van der Waals surface area contributed by atoms with E-state index in [9.17, 15) is 9.59 Å². The van der Waals surface area contributed by atoms with E-state index in [0.29, 0.717) is 6.42 Å². The van der Waals surface area contributed by atoms with Gasteiger partial charge in [0.05, 0.1) is 6.42 Å². The molecule has 92 valence electrons. The largest absolute Gasteiger partial charge is 0.481 e. The standard InChI is InChI=1S/C11H20N2O3/c1-11(2,7-10(15)16)13-9(14)6-8-4-3-5-12-8/h8,12H,3-7H2,1-2H3,(H,13,14)(H,15,16). The second-order valence-electron chi connectivity index (χ2n) is 5.00. The highest BCUT2D eigenvalue weighted by Crippen LogP contribution is 2.12. The molecule has 1 rings (SSSR count). The Balaban J connectivity index is 2.34. The summed E-state index contributed by atoms with van der Waals surface area (Å²) in [6.45, 7) is 4.42. The maximum Gasteiger partial charge on any atom is 0.305 e. The second kappa shape index (κ2) is 5.30. The summed E-state index contributed by atoms with van der Waals surface area (Å²) in [5.41, 5.74) is -0.679. The van der Waals surface area contributed by atoms with Gasteiger partial charge < -0.3 is 15.7 Å². The lowest BCUT2D eigenvalue weighted by molar-refractivity contribution is -0.138. The summed E-state index contributed by atoms with van der Waals surface area (Å²) in [6, 6.07) is 0.251. The van der Waals surface area contributed by atoms with Gasteiger partial charge in [0.2, 0.25) is 5.91 Å². The quantitative estimate of drug-likeness (QED) is 0.640. The van der Waals surface area contributed by atoms with E-state index in [-0.39, 0.29) is 18.4 Å². The maximum absolute atomic E-state index is 11.7. The summed E-state index contributed by atoms with van der Waals surface area (Å²) in [5.74, 6) is -0.977. The number of hydrogen-bond acceptors (Lipinski definition) is 3. The number of aliphatic carboxylic acids is 1. The number of carboxylic acid groups (broad SMARTS) is 1. The number of carboxylic acids is 1. The highest BCUT2D eigenvalue weighted by molar-refractivity contribution is 5.78. The first kappa shape index (κ1) is 13.0. The summed E-state index contributed by atoms with van der Waals surface area (Å²) < 4.78 is 0. The third kappa shape index (κ3) is 4.61. The number of hydrogen-bond donors (Lipinski definition) is 3. The molecule has 0 bridgehead atoms. The van der Waals surface area contributed by atoms with Gasteiger partial charge in [-0.3, -0.25) is 9.59 Å². The normalized spacial score (nSPS) is 20.8. The Labute approximate surface area is 95.6 Å². The van der Waals surface area contributed by atoms with Crippen molar-refractivity contribution in [1.29, 1.82) is 0 Å². The Bertz CT molecular complexity index is 270. The first-order valence-corrected chi connectivity index (χ1v) is 5.65. The molecular formula is C11H20N2O3. The molecule has 0 aromatic carbocycles. The topological polar surface area (TPSA) is 78.4 Å². The van der Waals surface area contributed by atoms with E-state index in [1.807, 2.05) is 0 Å². The van der Waals surface area contributed by atoms with Crippen LogP contribution < -0.4 is 10.6 Å². The maximum atomic E-state index is 11.7. The Hall–Kier alpha value is -1.10. The first-order valence-electron chi connectivity index (χ1n) is 5.65. The predicted molar refractivity (Wildman–Crippen MR) is 60.1 cm³/mol. The van der Waals surface area contributed by atoms with Gasteiger partial charge in [0, 0.05) is 18.0 Å². The van der Waals surface area contributed by atoms with E-state index in [2.05, 4.69) is 10.6 Å². The summed E-state index contributed by atoms with van der Waals surface area (Å²) in [6.07, 6.45) is 2.50. The van der Waals surface area contributed by atoms with Crippen molar-refractivity contribution in [2.75, 3.05) is 6.54 Å². The van der Waals surface area contributed by atoms with E-state index in [1.54, 1.807) is 13.8 Å². The van der Waals surface area contributed by atoms with Crippen molar-refractivity contribution in [3.05, 3.63) is 0 Å². The van der Waals surface area contributed by atoms with Gasteiger partial charge in [-0.2, -0.15) is 0 Å². The van der Waals surface area contributed by atoms with Gasteiger partial charge in [0.15, 0.2) is 0 Å². The zero-order valence-electron chi connectivity index (χ0n) is 9.88. The van der Waals surface area contributed by atoms with Gasteiger partial charge in [0.1, 0.15) is 0 Å². The van der Waals surface area contributed by atoms with Crippen LogP contribution in [0.1, 0.15) is 39.5 Å². The minimum absolute atomic E-state index is 0.0587. The highest BCUT2D eigenvalue weighted by atomic mass is 16.4. The van der Waals surface area contributed by atoms with Crippen molar-refractivity contribution in [2.45, 2.75) is 51.1 Å². The van der Waals surface area contributed by atoms with Crippen molar-refractivity contribution in [1.82, 2.24) is 10.6 Å². The fourth-order valence-electron chi connectivity index (χ4n) is 2.01. The van der Waals surface area contributed by atoms with Crippen molar-refractivity contribution in [3.8, 4) is 0 Å². The number of carbonyl (C=O) groups excluding carboxylic acids is 1. The zero-order valence-corrected chi connectivity index (χ0v) is 9.88. The third-order valence-electron chi connectivity index (χ3n) is 2.67. The molecule has 1 saturated heterocycles. The number of rotatable bonds is 5. The molecule has 5 heteroatoms. The molecule has 1 unspecified atom stereocenters. The van der Waals surface area contributed by atoms with E-state index < -0.39 is 11.5 Å². The monoisotopic (exact) mass is 228 g/mol. The average Bonchev–Trinajstić information content (AvgIpc) is 2.51. The fraction of sp³-hybridized carbons (Fsp3) is 0.818. The van der Waals surface area contributed by atoms with E-state index in [0.717, 1.165) is 19.4 Å². The molecule has 0 spiro atoms.